The van der Waals surface area contributed by atoms with E-state index in [1.54, 1.807) is 13.8 Å². The number of hydrogen-bond donors (Lipinski definition) is 2. The van der Waals surface area contributed by atoms with Gasteiger partial charge in [-0.2, -0.15) is 4.98 Å². The Balaban J connectivity index is 2.24. The molecule has 0 saturated heterocycles. The van der Waals surface area contributed by atoms with Crippen molar-refractivity contribution >= 4 is 5.91 Å². The Kier molecular flexibility index (Phi) is 3.15. The topological polar surface area (TPSA) is 94.0 Å². The first-order valence-corrected chi connectivity index (χ1v) is 5.92. The molecule has 0 bridgehead atoms. The number of carbonyl (C=O) groups is 1. The Morgan fingerprint density at radius 2 is 2.18 bits per heavy atom. The van der Waals surface area contributed by atoms with Gasteiger partial charge in [0.2, 0.25) is 11.8 Å². The zero-order chi connectivity index (χ0) is 12.5. The molecule has 1 aromatic rings. The van der Waals surface area contributed by atoms with Gasteiger partial charge in [0.15, 0.2) is 5.82 Å². The van der Waals surface area contributed by atoms with Crippen LogP contribution in [0.3, 0.4) is 0 Å². The number of rotatable bonds is 3. The van der Waals surface area contributed by atoms with Crippen molar-refractivity contribution in [2.24, 2.45) is 5.73 Å². The van der Waals surface area contributed by atoms with Gasteiger partial charge in [-0.1, -0.05) is 18.0 Å². The molecule has 0 spiro atoms. The third-order valence-electron chi connectivity index (χ3n) is 3.19. The quantitative estimate of drug-likeness (QED) is 0.804. The molecule has 17 heavy (non-hydrogen) atoms. The van der Waals surface area contributed by atoms with Crippen LogP contribution < -0.4 is 11.1 Å². The highest BCUT2D eigenvalue weighted by Crippen LogP contribution is 2.37. The van der Waals surface area contributed by atoms with Crippen molar-refractivity contribution in [2.45, 2.75) is 51.1 Å². The van der Waals surface area contributed by atoms with E-state index < -0.39 is 11.6 Å². The summed E-state index contributed by atoms with van der Waals surface area (Å²) in [7, 11) is 0. The summed E-state index contributed by atoms with van der Waals surface area (Å²) in [5.41, 5.74) is 5.10. The molecule has 1 amide bonds. The number of aryl methyl sites for hydroxylation is 1. The normalized spacial score (nSPS) is 20.2. The molecular weight excluding hydrogens is 220 g/mol. The van der Waals surface area contributed by atoms with Crippen LogP contribution in [0.1, 0.15) is 44.3 Å². The summed E-state index contributed by atoms with van der Waals surface area (Å²) >= 11 is 0. The van der Waals surface area contributed by atoms with E-state index in [1.807, 2.05) is 0 Å². The molecule has 94 valence electrons. The van der Waals surface area contributed by atoms with Crippen LogP contribution in [0.2, 0.25) is 0 Å². The van der Waals surface area contributed by atoms with Gasteiger partial charge in [0.05, 0.1) is 6.04 Å². The molecule has 6 heteroatoms. The molecule has 0 radical (unpaired) electrons. The van der Waals surface area contributed by atoms with Crippen LogP contribution in [0.4, 0.5) is 0 Å². The zero-order valence-corrected chi connectivity index (χ0v) is 10.2. The Labute approximate surface area is 99.9 Å². The molecule has 1 fully saturated rings. The predicted octanol–water partition coefficient (Wildman–Crippen LogP) is 0.611. The molecule has 1 atom stereocenters. The van der Waals surface area contributed by atoms with Crippen molar-refractivity contribution in [1.29, 1.82) is 0 Å². The summed E-state index contributed by atoms with van der Waals surface area (Å²) in [5.74, 6) is 0.914. The summed E-state index contributed by atoms with van der Waals surface area (Å²) < 4.78 is 5.00. The fourth-order valence-corrected chi connectivity index (χ4v) is 2.23. The standard InChI is InChI=1S/C11H18N4O2/c1-7(12)9(16)14-11(5-3-4-6-11)10-13-8(2)17-15-10/h7H,3-6,12H2,1-2H3,(H,14,16)/t7-/m0/s1. The minimum Gasteiger partial charge on any atom is -0.342 e. The third kappa shape index (κ3) is 2.31. The van der Waals surface area contributed by atoms with E-state index in [-0.39, 0.29) is 5.91 Å². The molecule has 3 N–H and O–H groups in total. The molecule has 1 saturated carbocycles. The minimum absolute atomic E-state index is 0.172. The van der Waals surface area contributed by atoms with Crippen LogP contribution in [0.25, 0.3) is 0 Å². The Bertz CT molecular complexity index is 407. The number of nitrogens with one attached hydrogen (secondary N) is 1. The Hall–Kier alpha value is -1.43. The zero-order valence-electron chi connectivity index (χ0n) is 10.2. The fourth-order valence-electron chi connectivity index (χ4n) is 2.23. The van der Waals surface area contributed by atoms with E-state index in [4.69, 9.17) is 10.3 Å². The van der Waals surface area contributed by atoms with Gasteiger partial charge in [0.25, 0.3) is 0 Å². The van der Waals surface area contributed by atoms with Gasteiger partial charge in [0, 0.05) is 6.92 Å². The molecular formula is C11H18N4O2. The molecule has 1 aliphatic rings. The van der Waals surface area contributed by atoms with Crippen molar-refractivity contribution in [3.05, 3.63) is 11.7 Å². The van der Waals surface area contributed by atoms with Crippen molar-refractivity contribution in [3.8, 4) is 0 Å². The van der Waals surface area contributed by atoms with E-state index in [9.17, 15) is 4.79 Å². The number of amides is 1. The molecule has 1 aromatic heterocycles. The van der Waals surface area contributed by atoms with Crippen LogP contribution in [-0.4, -0.2) is 22.1 Å². The Morgan fingerprint density at radius 1 is 1.53 bits per heavy atom. The molecule has 2 rings (SSSR count). The van der Waals surface area contributed by atoms with Crippen molar-refractivity contribution < 1.29 is 9.32 Å². The number of aromatic nitrogens is 2. The van der Waals surface area contributed by atoms with Crippen molar-refractivity contribution in [3.63, 3.8) is 0 Å². The number of nitrogens with zero attached hydrogens (tertiary/aromatic N) is 2. The van der Waals surface area contributed by atoms with E-state index in [1.165, 1.54) is 0 Å². The van der Waals surface area contributed by atoms with Crippen LogP contribution in [-0.2, 0) is 10.3 Å². The molecule has 0 aromatic carbocycles. The second-order valence-corrected chi connectivity index (χ2v) is 4.70. The average molecular weight is 238 g/mol. The lowest BCUT2D eigenvalue weighted by Crippen LogP contribution is -2.50. The monoisotopic (exact) mass is 238 g/mol. The number of carbonyl (C=O) groups excluding carboxylic acids is 1. The molecule has 0 unspecified atom stereocenters. The van der Waals surface area contributed by atoms with Crippen LogP contribution in [0.5, 0.6) is 0 Å². The van der Waals surface area contributed by atoms with Gasteiger partial charge in [-0.05, 0) is 19.8 Å². The van der Waals surface area contributed by atoms with Crippen LogP contribution in [0.15, 0.2) is 4.52 Å². The Morgan fingerprint density at radius 3 is 2.65 bits per heavy atom. The summed E-state index contributed by atoms with van der Waals surface area (Å²) in [4.78, 5) is 16.0. The maximum atomic E-state index is 11.8. The highest BCUT2D eigenvalue weighted by atomic mass is 16.5. The smallest absolute Gasteiger partial charge is 0.237 e. The lowest BCUT2D eigenvalue weighted by atomic mass is 9.96. The van der Waals surface area contributed by atoms with Gasteiger partial charge >= 0.3 is 0 Å². The first-order valence-electron chi connectivity index (χ1n) is 5.92. The maximum Gasteiger partial charge on any atom is 0.237 e. The molecule has 1 aliphatic carbocycles. The van der Waals surface area contributed by atoms with Gasteiger partial charge < -0.3 is 15.6 Å². The largest absolute Gasteiger partial charge is 0.342 e. The highest BCUT2D eigenvalue weighted by molar-refractivity contribution is 5.81. The lowest BCUT2D eigenvalue weighted by molar-refractivity contribution is -0.124. The second-order valence-electron chi connectivity index (χ2n) is 4.70. The second kappa shape index (κ2) is 4.44. The fraction of sp³-hybridized carbons (Fsp3) is 0.727. The van der Waals surface area contributed by atoms with Gasteiger partial charge in [0.1, 0.15) is 5.54 Å². The number of nitrogens with two attached hydrogens (primary N) is 1. The van der Waals surface area contributed by atoms with Crippen LogP contribution in [0, 0.1) is 6.92 Å². The van der Waals surface area contributed by atoms with Crippen LogP contribution >= 0.6 is 0 Å². The third-order valence-corrected chi connectivity index (χ3v) is 3.19. The maximum absolute atomic E-state index is 11.8. The predicted molar refractivity (Wildman–Crippen MR) is 61.0 cm³/mol. The van der Waals surface area contributed by atoms with Gasteiger partial charge in [-0.3, -0.25) is 4.79 Å². The SMILES string of the molecule is Cc1nc(C2(NC(=O)[C@H](C)N)CCCC2)no1. The van der Waals surface area contributed by atoms with E-state index in [2.05, 4.69) is 15.5 Å². The van der Waals surface area contributed by atoms with Crippen molar-refractivity contribution in [2.75, 3.05) is 0 Å². The summed E-state index contributed by atoms with van der Waals surface area (Å²) in [6.45, 7) is 3.41. The average Bonchev–Trinajstić information content (AvgIpc) is 2.87. The summed E-state index contributed by atoms with van der Waals surface area (Å²) in [6, 6.07) is -0.527. The van der Waals surface area contributed by atoms with E-state index in [0.29, 0.717) is 11.7 Å². The first kappa shape index (κ1) is 12.0. The molecule has 6 nitrogen and oxygen atoms in total. The summed E-state index contributed by atoms with van der Waals surface area (Å²) in [5, 5.41) is 6.91. The minimum atomic E-state index is -0.527. The van der Waals surface area contributed by atoms with E-state index >= 15 is 0 Å². The van der Waals surface area contributed by atoms with Gasteiger partial charge in [-0.15, -0.1) is 0 Å². The number of hydrogen-bond acceptors (Lipinski definition) is 5. The highest BCUT2D eigenvalue weighted by Gasteiger charge is 2.41. The molecule has 0 aliphatic heterocycles. The van der Waals surface area contributed by atoms with Gasteiger partial charge in [-0.25, -0.2) is 0 Å². The molecule has 1 heterocycles. The lowest BCUT2D eigenvalue weighted by Gasteiger charge is -2.27. The van der Waals surface area contributed by atoms with Crippen molar-refractivity contribution in [1.82, 2.24) is 15.5 Å². The first-order chi connectivity index (χ1) is 8.03. The summed E-state index contributed by atoms with van der Waals surface area (Å²) in [6.07, 6.45) is 3.77. The van der Waals surface area contributed by atoms with E-state index in [0.717, 1.165) is 25.7 Å².